The fraction of sp³-hybridized carbons (Fsp3) is 0.333. The molecule has 0 amide bonds. The van der Waals surface area contributed by atoms with E-state index in [0.29, 0.717) is 6.20 Å². The average Bonchev–Trinajstić information content (AvgIpc) is 2.61. The van der Waals surface area contributed by atoms with Crippen molar-refractivity contribution in [3.8, 4) is 6.07 Å². The molecule has 0 fully saturated rings. The maximum atomic E-state index is 12.3. The molecule has 4 nitrogen and oxygen atoms in total. The summed E-state index contributed by atoms with van der Waals surface area (Å²) in [6.07, 6.45) is -1.61. The molecule has 0 aromatic carbocycles. The number of rotatable bonds is 2. The van der Waals surface area contributed by atoms with Gasteiger partial charge in [0.15, 0.2) is 5.70 Å². The molecule has 1 aromatic rings. The van der Waals surface area contributed by atoms with Crippen LogP contribution in [0.4, 0.5) is 13.2 Å². The minimum Gasteiger partial charge on any atom is -0.381 e. The maximum Gasteiger partial charge on any atom is 0.419 e. The molecule has 0 unspecified atom stereocenters. The van der Waals surface area contributed by atoms with E-state index < -0.39 is 11.7 Å². The highest BCUT2D eigenvalue weighted by Gasteiger charge is 2.32. The van der Waals surface area contributed by atoms with Crippen LogP contribution < -0.4 is 0 Å². The Hall–Kier alpha value is -1.97. The molecule has 0 saturated heterocycles. The molecule has 0 aliphatic heterocycles. The Labute approximate surface area is 90.2 Å². The second kappa shape index (κ2) is 4.26. The van der Waals surface area contributed by atoms with Crippen LogP contribution in [-0.2, 0) is 6.18 Å². The van der Waals surface area contributed by atoms with Gasteiger partial charge in [0, 0.05) is 26.5 Å². The summed E-state index contributed by atoms with van der Waals surface area (Å²) in [5.74, 6) is 0. The van der Waals surface area contributed by atoms with Crippen molar-refractivity contribution < 1.29 is 13.2 Å². The van der Waals surface area contributed by atoms with Crippen molar-refractivity contribution in [2.24, 2.45) is 0 Å². The summed E-state index contributed by atoms with van der Waals surface area (Å²) >= 11 is 0. The predicted octanol–water partition coefficient (Wildman–Crippen LogP) is 1.79. The van der Waals surface area contributed by atoms with Gasteiger partial charge in [-0.05, 0) is 0 Å². The largest absolute Gasteiger partial charge is 0.419 e. The van der Waals surface area contributed by atoms with Crippen LogP contribution in [0.1, 0.15) is 5.56 Å². The highest BCUT2D eigenvalue weighted by molar-refractivity contribution is 5.59. The Kier molecular flexibility index (Phi) is 3.22. The highest BCUT2D eigenvalue weighted by Crippen LogP contribution is 2.28. The van der Waals surface area contributed by atoms with Crippen LogP contribution in [0.5, 0.6) is 0 Å². The van der Waals surface area contributed by atoms with Gasteiger partial charge in [-0.3, -0.25) is 0 Å². The second-order valence-electron chi connectivity index (χ2n) is 3.26. The molecule has 0 N–H and O–H groups in total. The molecule has 0 bridgehead atoms. The molecule has 16 heavy (non-hydrogen) atoms. The van der Waals surface area contributed by atoms with E-state index in [9.17, 15) is 13.2 Å². The van der Waals surface area contributed by atoms with Gasteiger partial charge in [0.05, 0.1) is 11.8 Å². The topological polar surface area (TPSA) is 44.9 Å². The fourth-order valence-corrected chi connectivity index (χ4v) is 0.985. The molecule has 1 aromatic heterocycles. The molecule has 0 aliphatic rings. The van der Waals surface area contributed by atoms with E-state index >= 15 is 0 Å². The van der Waals surface area contributed by atoms with Crippen molar-refractivity contribution in [2.75, 3.05) is 14.1 Å². The minimum atomic E-state index is -4.45. The average molecular weight is 230 g/mol. The number of nitriles is 1. The number of aromatic nitrogens is 2. The van der Waals surface area contributed by atoms with Crippen molar-refractivity contribution in [1.82, 2.24) is 14.7 Å². The Balaban J connectivity index is 3.07. The van der Waals surface area contributed by atoms with E-state index in [0.717, 1.165) is 10.9 Å². The van der Waals surface area contributed by atoms with Crippen LogP contribution in [0.15, 0.2) is 18.6 Å². The molecule has 7 heteroatoms. The quantitative estimate of drug-likeness (QED) is 0.727. The number of hydrogen-bond acceptors (Lipinski definition) is 3. The Morgan fingerprint density at radius 3 is 2.56 bits per heavy atom. The summed E-state index contributed by atoms with van der Waals surface area (Å²) in [7, 11) is 3.32. The molecule has 0 aliphatic carbocycles. The van der Waals surface area contributed by atoms with Crippen LogP contribution in [-0.4, -0.2) is 28.8 Å². The zero-order valence-corrected chi connectivity index (χ0v) is 8.65. The number of hydrogen-bond donors (Lipinski definition) is 0. The van der Waals surface area contributed by atoms with E-state index in [-0.39, 0.29) is 5.70 Å². The summed E-state index contributed by atoms with van der Waals surface area (Å²) in [6, 6.07) is 1.77. The molecular weight excluding hydrogens is 221 g/mol. The molecule has 0 radical (unpaired) electrons. The van der Waals surface area contributed by atoms with E-state index in [2.05, 4.69) is 5.10 Å². The van der Waals surface area contributed by atoms with Crippen molar-refractivity contribution in [3.05, 3.63) is 24.2 Å². The molecule has 0 atom stereocenters. The fourth-order valence-electron chi connectivity index (χ4n) is 0.985. The first-order valence-corrected chi connectivity index (χ1v) is 4.25. The van der Waals surface area contributed by atoms with Crippen molar-refractivity contribution >= 4 is 5.70 Å². The Morgan fingerprint density at radius 1 is 1.56 bits per heavy atom. The third-order valence-electron chi connectivity index (χ3n) is 1.65. The summed E-state index contributed by atoms with van der Waals surface area (Å²) in [5, 5.41) is 12.2. The zero-order valence-electron chi connectivity index (χ0n) is 8.65. The summed E-state index contributed by atoms with van der Waals surface area (Å²) in [5.41, 5.74) is -0.868. The molecule has 1 rings (SSSR count). The summed E-state index contributed by atoms with van der Waals surface area (Å²) in [6.45, 7) is 0. The molecule has 86 valence electrons. The lowest BCUT2D eigenvalue weighted by atomic mass is 10.3. The van der Waals surface area contributed by atoms with E-state index in [1.165, 1.54) is 6.20 Å². The van der Waals surface area contributed by atoms with Gasteiger partial charge in [0.2, 0.25) is 0 Å². The number of allylic oxidation sites excluding steroid dienone is 1. The lowest BCUT2D eigenvalue weighted by Crippen LogP contribution is -2.06. The maximum absolute atomic E-state index is 12.3. The number of alkyl halides is 3. The predicted molar refractivity (Wildman–Crippen MR) is 50.8 cm³/mol. The van der Waals surface area contributed by atoms with Crippen LogP contribution in [0.2, 0.25) is 0 Å². The summed E-state index contributed by atoms with van der Waals surface area (Å²) < 4.78 is 37.7. The number of halogens is 3. The normalized spacial score (nSPS) is 12.4. The van der Waals surface area contributed by atoms with Crippen molar-refractivity contribution in [3.63, 3.8) is 0 Å². The van der Waals surface area contributed by atoms with Crippen LogP contribution in [0.3, 0.4) is 0 Å². The second-order valence-corrected chi connectivity index (χ2v) is 3.26. The van der Waals surface area contributed by atoms with Crippen LogP contribution >= 0.6 is 0 Å². The van der Waals surface area contributed by atoms with Gasteiger partial charge in [-0.25, -0.2) is 4.68 Å². The molecular formula is C9H9F3N4. The lowest BCUT2D eigenvalue weighted by Gasteiger charge is -2.06. The van der Waals surface area contributed by atoms with E-state index in [1.807, 2.05) is 0 Å². The van der Waals surface area contributed by atoms with Crippen molar-refractivity contribution in [1.29, 1.82) is 5.26 Å². The molecule has 0 spiro atoms. The van der Waals surface area contributed by atoms with Gasteiger partial charge in [-0.2, -0.15) is 23.5 Å². The van der Waals surface area contributed by atoms with Gasteiger partial charge in [-0.1, -0.05) is 0 Å². The van der Waals surface area contributed by atoms with Crippen LogP contribution in [0.25, 0.3) is 5.70 Å². The van der Waals surface area contributed by atoms with E-state index in [4.69, 9.17) is 5.26 Å². The van der Waals surface area contributed by atoms with Crippen LogP contribution in [0, 0.1) is 11.3 Å². The molecule has 0 saturated carbocycles. The van der Waals surface area contributed by atoms with Gasteiger partial charge in [0.25, 0.3) is 0 Å². The lowest BCUT2D eigenvalue weighted by molar-refractivity contribution is -0.137. The van der Waals surface area contributed by atoms with Gasteiger partial charge in [0.1, 0.15) is 6.07 Å². The first kappa shape index (κ1) is 12.1. The van der Waals surface area contributed by atoms with Gasteiger partial charge in [-0.15, -0.1) is 0 Å². The van der Waals surface area contributed by atoms with Crippen molar-refractivity contribution in [2.45, 2.75) is 6.18 Å². The highest BCUT2D eigenvalue weighted by atomic mass is 19.4. The summed E-state index contributed by atoms with van der Waals surface area (Å²) in [4.78, 5) is 1.55. The third-order valence-corrected chi connectivity index (χ3v) is 1.65. The Bertz CT molecular complexity index is 436. The first-order valence-electron chi connectivity index (χ1n) is 4.25. The van der Waals surface area contributed by atoms with Gasteiger partial charge >= 0.3 is 6.18 Å². The zero-order chi connectivity index (χ0) is 12.3. The Morgan fingerprint density at radius 2 is 2.19 bits per heavy atom. The van der Waals surface area contributed by atoms with Gasteiger partial charge < -0.3 is 4.90 Å². The van der Waals surface area contributed by atoms with E-state index in [1.54, 1.807) is 25.1 Å². The monoisotopic (exact) mass is 230 g/mol. The minimum absolute atomic E-state index is 0.0144. The smallest absolute Gasteiger partial charge is 0.381 e. The first-order chi connectivity index (χ1) is 7.34. The molecule has 1 heterocycles. The standard InChI is InChI=1S/C9H9F3N4/c1-15(2)6-8(3-13)16-5-7(4-14-16)9(10,11)12/h4-6H,1-2H3/b8-6+. The third kappa shape index (κ3) is 2.76. The SMILES string of the molecule is CN(C)/C=C(\C#N)n1cc(C(F)(F)F)cn1. The number of nitrogens with zero attached hydrogens (tertiary/aromatic N) is 4.